The summed E-state index contributed by atoms with van der Waals surface area (Å²) in [5.74, 6) is -0.966. The van der Waals surface area contributed by atoms with Crippen LogP contribution in [0, 0.1) is 0 Å². The van der Waals surface area contributed by atoms with Crippen molar-refractivity contribution in [3.63, 3.8) is 0 Å². The fourth-order valence-electron chi connectivity index (χ4n) is 2.93. The van der Waals surface area contributed by atoms with Crippen LogP contribution >= 0.6 is 0 Å². The molecule has 126 valence electrons. The van der Waals surface area contributed by atoms with E-state index >= 15 is 0 Å². The van der Waals surface area contributed by atoms with Crippen molar-refractivity contribution in [1.29, 1.82) is 0 Å². The first-order valence-corrected chi connectivity index (χ1v) is 7.56. The SMILES string of the molecule is [B]C([B])(C1=C(C)C(=O)c2ccccc2C1=O)c1ccc(C(F)(F)F)cn1. The summed E-state index contributed by atoms with van der Waals surface area (Å²) in [5, 5.41) is -2.02. The van der Waals surface area contributed by atoms with Gasteiger partial charge in [0.25, 0.3) is 0 Å². The molecular formula is C18H10B2F3NO2. The van der Waals surface area contributed by atoms with Gasteiger partial charge in [-0.2, -0.15) is 13.2 Å². The summed E-state index contributed by atoms with van der Waals surface area (Å²) < 4.78 is 38.1. The largest absolute Gasteiger partial charge is 0.417 e. The lowest BCUT2D eigenvalue weighted by molar-refractivity contribution is -0.137. The molecule has 0 atom stereocenters. The van der Waals surface area contributed by atoms with E-state index in [2.05, 4.69) is 4.98 Å². The molecular weight excluding hydrogens is 341 g/mol. The highest BCUT2D eigenvalue weighted by Gasteiger charge is 2.39. The van der Waals surface area contributed by atoms with Gasteiger partial charge in [0, 0.05) is 34.2 Å². The molecule has 0 aliphatic heterocycles. The number of benzene rings is 1. The van der Waals surface area contributed by atoms with E-state index < -0.39 is 28.5 Å². The van der Waals surface area contributed by atoms with Crippen LogP contribution < -0.4 is 0 Å². The highest BCUT2D eigenvalue weighted by Crippen LogP contribution is 2.36. The third-order valence-corrected chi connectivity index (χ3v) is 4.29. The van der Waals surface area contributed by atoms with E-state index in [1.807, 2.05) is 0 Å². The maximum Gasteiger partial charge on any atom is 0.417 e. The van der Waals surface area contributed by atoms with Crippen molar-refractivity contribution in [3.05, 3.63) is 76.1 Å². The van der Waals surface area contributed by atoms with Gasteiger partial charge >= 0.3 is 6.18 Å². The van der Waals surface area contributed by atoms with Gasteiger partial charge in [-0.1, -0.05) is 24.3 Å². The number of pyridine rings is 1. The van der Waals surface area contributed by atoms with Crippen LogP contribution in [0.25, 0.3) is 0 Å². The van der Waals surface area contributed by atoms with Gasteiger partial charge in [0.15, 0.2) is 11.6 Å². The first kappa shape index (κ1) is 18.2. The molecule has 0 fully saturated rings. The van der Waals surface area contributed by atoms with Crippen LogP contribution in [0.15, 0.2) is 53.7 Å². The summed E-state index contributed by atoms with van der Waals surface area (Å²) in [4.78, 5) is 29.1. The summed E-state index contributed by atoms with van der Waals surface area (Å²) in [6.07, 6.45) is -3.98. The van der Waals surface area contributed by atoms with Gasteiger partial charge in [0.1, 0.15) is 0 Å². The number of alkyl halides is 3. The van der Waals surface area contributed by atoms with Gasteiger partial charge in [0.05, 0.1) is 21.3 Å². The highest BCUT2D eigenvalue weighted by molar-refractivity contribution is 6.47. The Kier molecular flexibility index (Phi) is 4.17. The van der Waals surface area contributed by atoms with E-state index in [9.17, 15) is 22.8 Å². The normalized spacial score (nSPS) is 15.2. The van der Waals surface area contributed by atoms with Gasteiger partial charge in [0.2, 0.25) is 0 Å². The number of hydrogen-bond acceptors (Lipinski definition) is 3. The molecule has 0 N–H and O–H groups in total. The first-order valence-electron chi connectivity index (χ1n) is 7.56. The maximum absolute atomic E-state index is 12.8. The van der Waals surface area contributed by atoms with Crippen LogP contribution in [0.2, 0.25) is 0 Å². The minimum absolute atomic E-state index is 0.0420. The molecule has 1 aliphatic rings. The zero-order valence-corrected chi connectivity index (χ0v) is 13.6. The van der Waals surface area contributed by atoms with Crippen LogP contribution in [0.4, 0.5) is 13.2 Å². The predicted molar refractivity (Wildman–Crippen MR) is 90.2 cm³/mol. The highest BCUT2D eigenvalue weighted by atomic mass is 19.4. The van der Waals surface area contributed by atoms with Crippen LogP contribution in [0.1, 0.15) is 38.9 Å². The molecule has 26 heavy (non-hydrogen) atoms. The van der Waals surface area contributed by atoms with E-state index in [1.165, 1.54) is 19.1 Å². The fraction of sp³-hybridized carbons (Fsp3) is 0.167. The Bertz CT molecular complexity index is 948. The molecule has 0 bridgehead atoms. The van der Waals surface area contributed by atoms with Crippen LogP contribution in [0.5, 0.6) is 0 Å². The van der Waals surface area contributed by atoms with Crippen molar-refractivity contribution in [3.8, 4) is 0 Å². The lowest BCUT2D eigenvalue weighted by atomic mass is 9.46. The molecule has 2 aromatic rings. The Morgan fingerprint density at radius 1 is 0.923 bits per heavy atom. The second-order valence-corrected chi connectivity index (χ2v) is 6.00. The quantitative estimate of drug-likeness (QED) is 0.782. The number of hydrogen-bond donors (Lipinski definition) is 0. The van der Waals surface area contributed by atoms with Crippen LogP contribution in [0.3, 0.4) is 0 Å². The second-order valence-electron chi connectivity index (χ2n) is 6.00. The fourth-order valence-corrected chi connectivity index (χ4v) is 2.93. The third kappa shape index (κ3) is 2.79. The minimum Gasteiger partial charge on any atom is -0.289 e. The van der Waals surface area contributed by atoms with E-state index in [1.54, 1.807) is 12.1 Å². The lowest BCUT2D eigenvalue weighted by Gasteiger charge is -2.32. The third-order valence-electron chi connectivity index (χ3n) is 4.29. The number of fused-ring (bicyclic) bond motifs is 1. The molecule has 0 unspecified atom stereocenters. The molecule has 0 spiro atoms. The summed E-state index contributed by atoms with van der Waals surface area (Å²) in [6, 6.07) is 7.97. The summed E-state index contributed by atoms with van der Waals surface area (Å²) in [6.45, 7) is 1.41. The molecule has 3 nitrogen and oxygen atoms in total. The van der Waals surface area contributed by atoms with E-state index in [4.69, 9.17) is 15.7 Å². The number of carbonyl (C=O) groups excluding carboxylic acids is 2. The van der Waals surface area contributed by atoms with Gasteiger partial charge in [-0.3, -0.25) is 14.6 Å². The molecule has 4 radical (unpaired) electrons. The molecule has 3 rings (SSSR count). The molecule has 0 saturated heterocycles. The molecule has 1 aromatic carbocycles. The Morgan fingerprint density at radius 2 is 1.50 bits per heavy atom. The van der Waals surface area contributed by atoms with Gasteiger partial charge in [-0.05, 0) is 24.3 Å². The molecule has 1 heterocycles. The van der Waals surface area contributed by atoms with E-state index in [-0.39, 0.29) is 28.0 Å². The zero-order valence-electron chi connectivity index (χ0n) is 13.6. The van der Waals surface area contributed by atoms with Crippen LogP contribution in [-0.2, 0) is 11.4 Å². The topological polar surface area (TPSA) is 47.0 Å². The van der Waals surface area contributed by atoms with Gasteiger partial charge < -0.3 is 0 Å². The summed E-state index contributed by atoms with van der Waals surface area (Å²) >= 11 is 0. The summed E-state index contributed by atoms with van der Waals surface area (Å²) in [7, 11) is 12.2. The second kappa shape index (κ2) is 5.97. The Morgan fingerprint density at radius 3 is 2.00 bits per heavy atom. The molecule has 1 aromatic heterocycles. The summed E-state index contributed by atoms with van der Waals surface area (Å²) in [5.41, 5.74) is -0.895. The van der Waals surface area contributed by atoms with Crippen molar-refractivity contribution >= 4 is 27.3 Å². The number of nitrogens with zero attached hydrogens (tertiary/aromatic N) is 1. The van der Waals surface area contributed by atoms with Crippen molar-refractivity contribution in [2.45, 2.75) is 18.3 Å². The Balaban J connectivity index is 2.11. The standard InChI is InChI=1S/C18H10B2F3NO2/c1-9-14(16(26)12-5-3-2-4-11(12)15(9)25)17(19,20)13-7-6-10(8-24-13)18(21,22)23/h2-8H,1H3. The molecule has 0 amide bonds. The zero-order chi connectivity index (χ0) is 19.3. The number of Topliss-reactive ketones (excluding diaryl/α,β-unsaturated/α-hetero) is 2. The number of ketones is 2. The number of halogens is 3. The lowest BCUT2D eigenvalue weighted by Crippen LogP contribution is -2.39. The smallest absolute Gasteiger partial charge is 0.289 e. The maximum atomic E-state index is 12.8. The molecule has 0 saturated carbocycles. The van der Waals surface area contributed by atoms with E-state index in [0.29, 0.717) is 6.20 Å². The number of allylic oxidation sites excluding steroid dienone is 2. The van der Waals surface area contributed by atoms with Crippen molar-refractivity contribution in [2.75, 3.05) is 0 Å². The average Bonchev–Trinajstić information content (AvgIpc) is 2.59. The van der Waals surface area contributed by atoms with Gasteiger partial charge in [-0.25, -0.2) is 0 Å². The van der Waals surface area contributed by atoms with Crippen molar-refractivity contribution < 1.29 is 22.8 Å². The van der Waals surface area contributed by atoms with Crippen molar-refractivity contribution in [2.24, 2.45) is 0 Å². The molecule has 1 aliphatic carbocycles. The minimum atomic E-state index is -4.57. The first-order chi connectivity index (χ1) is 12.0. The number of aromatic nitrogens is 1. The van der Waals surface area contributed by atoms with Crippen molar-refractivity contribution in [1.82, 2.24) is 4.98 Å². The van der Waals surface area contributed by atoms with Crippen LogP contribution in [-0.4, -0.2) is 32.2 Å². The predicted octanol–water partition coefficient (Wildman–Crippen LogP) is 2.99. The monoisotopic (exact) mass is 351 g/mol. The average molecular weight is 351 g/mol. The Labute approximate surface area is 150 Å². The van der Waals surface area contributed by atoms with Gasteiger partial charge in [-0.15, -0.1) is 0 Å². The Hall–Kier alpha value is -2.63. The molecule has 8 heteroatoms. The number of carbonyl (C=O) groups is 2. The number of rotatable bonds is 2. The van der Waals surface area contributed by atoms with E-state index in [0.717, 1.165) is 12.1 Å².